The summed E-state index contributed by atoms with van der Waals surface area (Å²) >= 11 is 0. The summed E-state index contributed by atoms with van der Waals surface area (Å²) in [7, 11) is 3.04. The standard InChI is InChI=1S/C21H20N4O4/c1-28-16-3-4-19(29-2)17(12-16)25-20(26)15-7-10-23-18(11-15)21(27)24-13-14-5-8-22-9-6-14/h3-12H,13H2,1-2H3,(H,24,27)(H,25,26). The SMILES string of the molecule is COc1ccc(OC)c(NC(=O)c2ccnc(C(=O)NCc3ccncc3)c2)c1. The van der Waals surface area contributed by atoms with E-state index in [0.717, 1.165) is 5.56 Å². The first-order valence-electron chi connectivity index (χ1n) is 8.77. The van der Waals surface area contributed by atoms with Crippen LogP contribution in [-0.2, 0) is 6.54 Å². The molecule has 0 fully saturated rings. The molecule has 0 bridgehead atoms. The van der Waals surface area contributed by atoms with Crippen molar-refractivity contribution in [2.24, 2.45) is 0 Å². The van der Waals surface area contributed by atoms with Crippen LogP contribution in [0.15, 0.2) is 61.1 Å². The van der Waals surface area contributed by atoms with Crippen LogP contribution < -0.4 is 20.1 Å². The topological polar surface area (TPSA) is 102 Å². The van der Waals surface area contributed by atoms with Crippen molar-refractivity contribution < 1.29 is 19.1 Å². The molecule has 0 aliphatic rings. The number of carbonyl (C=O) groups is 2. The number of anilines is 1. The molecule has 2 heterocycles. The van der Waals surface area contributed by atoms with Gasteiger partial charge in [-0.15, -0.1) is 0 Å². The van der Waals surface area contributed by atoms with Gasteiger partial charge in [-0.05, 0) is 42.0 Å². The minimum atomic E-state index is -0.401. The van der Waals surface area contributed by atoms with Gasteiger partial charge in [-0.2, -0.15) is 0 Å². The Balaban J connectivity index is 1.72. The highest BCUT2D eigenvalue weighted by Gasteiger charge is 2.14. The van der Waals surface area contributed by atoms with Gasteiger partial charge in [-0.25, -0.2) is 0 Å². The molecule has 3 aromatic rings. The fourth-order valence-electron chi connectivity index (χ4n) is 2.58. The Morgan fingerprint density at radius 3 is 2.45 bits per heavy atom. The minimum Gasteiger partial charge on any atom is -0.497 e. The summed E-state index contributed by atoms with van der Waals surface area (Å²) in [4.78, 5) is 33.0. The van der Waals surface area contributed by atoms with Crippen molar-refractivity contribution in [1.82, 2.24) is 15.3 Å². The van der Waals surface area contributed by atoms with E-state index in [4.69, 9.17) is 9.47 Å². The van der Waals surface area contributed by atoms with Gasteiger partial charge >= 0.3 is 0 Å². The smallest absolute Gasteiger partial charge is 0.270 e. The van der Waals surface area contributed by atoms with Crippen molar-refractivity contribution in [3.63, 3.8) is 0 Å². The zero-order valence-corrected chi connectivity index (χ0v) is 16.0. The summed E-state index contributed by atoms with van der Waals surface area (Å²) in [5, 5.41) is 5.53. The predicted octanol–water partition coefficient (Wildman–Crippen LogP) is 2.68. The molecule has 2 amide bonds. The van der Waals surface area contributed by atoms with Crippen LogP contribution in [0.1, 0.15) is 26.4 Å². The van der Waals surface area contributed by atoms with Crippen molar-refractivity contribution in [2.75, 3.05) is 19.5 Å². The number of methoxy groups -OCH3 is 2. The van der Waals surface area contributed by atoms with E-state index in [1.165, 1.54) is 32.5 Å². The highest BCUT2D eigenvalue weighted by Crippen LogP contribution is 2.29. The Labute approximate surface area is 167 Å². The fraction of sp³-hybridized carbons (Fsp3) is 0.143. The molecule has 0 saturated carbocycles. The number of hydrogen-bond donors (Lipinski definition) is 2. The van der Waals surface area contributed by atoms with Gasteiger partial charge in [-0.3, -0.25) is 19.6 Å². The number of carbonyl (C=O) groups excluding carboxylic acids is 2. The van der Waals surface area contributed by atoms with Gasteiger partial charge in [0.15, 0.2) is 0 Å². The molecule has 0 aliphatic heterocycles. The first kappa shape index (κ1) is 19.8. The Bertz CT molecular complexity index is 1010. The van der Waals surface area contributed by atoms with E-state index in [-0.39, 0.29) is 11.6 Å². The number of aromatic nitrogens is 2. The van der Waals surface area contributed by atoms with Crippen LogP contribution in [0, 0.1) is 0 Å². The number of hydrogen-bond acceptors (Lipinski definition) is 6. The zero-order chi connectivity index (χ0) is 20.6. The molecule has 8 heteroatoms. The fourth-order valence-corrected chi connectivity index (χ4v) is 2.58. The molecular weight excluding hydrogens is 372 g/mol. The van der Waals surface area contributed by atoms with E-state index in [2.05, 4.69) is 20.6 Å². The highest BCUT2D eigenvalue weighted by atomic mass is 16.5. The summed E-state index contributed by atoms with van der Waals surface area (Å²) in [5.74, 6) is 0.285. The number of pyridine rings is 2. The monoisotopic (exact) mass is 392 g/mol. The number of benzene rings is 1. The van der Waals surface area contributed by atoms with E-state index >= 15 is 0 Å². The number of nitrogens with one attached hydrogen (secondary N) is 2. The molecule has 2 aromatic heterocycles. The maximum Gasteiger partial charge on any atom is 0.270 e. The van der Waals surface area contributed by atoms with Crippen molar-refractivity contribution in [1.29, 1.82) is 0 Å². The third kappa shape index (κ3) is 5.07. The Kier molecular flexibility index (Phi) is 6.36. The Morgan fingerprint density at radius 1 is 0.931 bits per heavy atom. The van der Waals surface area contributed by atoms with Gasteiger partial charge in [0.2, 0.25) is 0 Å². The van der Waals surface area contributed by atoms with Crippen LogP contribution in [0.4, 0.5) is 5.69 Å². The summed E-state index contributed by atoms with van der Waals surface area (Å²) < 4.78 is 10.4. The van der Waals surface area contributed by atoms with Crippen LogP contribution >= 0.6 is 0 Å². The molecule has 148 valence electrons. The lowest BCUT2D eigenvalue weighted by Crippen LogP contribution is -2.24. The normalized spacial score (nSPS) is 10.1. The van der Waals surface area contributed by atoms with Crippen LogP contribution in [0.5, 0.6) is 11.5 Å². The molecule has 1 aromatic carbocycles. The molecule has 2 N–H and O–H groups in total. The van der Waals surface area contributed by atoms with Gasteiger partial charge in [0.1, 0.15) is 17.2 Å². The average molecular weight is 392 g/mol. The molecular formula is C21H20N4O4. The maximum atomic E-state index is 12.7. The Morgan fingerprint density at radius 2 is 1.72 bits per heavy atom. The largest absolute Gasteiger partial charge is 0.497 e. The zero-order valence-electron chi connectivity index (χ0n) is 16.0. The van der Waals surface area contributed by atoms with Crippen LogP contribution in [0.25, 0.3) is 0 Å². The highest BCUT2D eigenvalue weighted by molar-refractivity contribution is 6.06. The molecule has 0 atom stereocenters. The van der Waals surface area contributed by atoms with Crippen molar-refractivity contribution in [3.8, 4) is 11.5 Å². The summed E-state index contributed by atoms with van der Waals surface area (Å²) in [5.41, 5.74) is 1.80. The summed E-state index contributed by atoms with van der Waals surface area (Å²) in [6.07, 6.45) is 4.72. The van der Waals surface area contributed by atoms with Gasteiger partial charge < -0.3 is 20.1 Å². The molecule has 8 nitrogen and oxygen atoms in total. The second-order valence-electron chi connectivity index (χ2n) is 5.99. The van der Waals surface area contributed by atoms with Gasteiger partial charge in [0.05, 0.1) is 19.9 Å². The average Bonchev–Trinajstić information content (AvgIpc) is 2.78. The van der Waals surface area contributed by atoms with Crippen LogP contribution in [0.3, 0.4) is 0 Å². The molecule has 0 aliphatic carbocycles. The molecule has 3 rings (SSSR count). The second kappa shape index (κ2) is 9.32. The molecule has 0 unspecified atom stereocenters. The summed E-state index contributed by atoms with van der Waals surface area (Å²) in [6.45, 7) is 0.334. The molecule has 29 heavy (non-hydrogen) atoms. The lowest BCUT2D eigenvalue weighted by Gasteiger charge is -2.12. The van der Waals surface area contributed by atoms with Crippen molar-refractivity contribution in [3.05, 3.63) is 77.9 Å². The molecule has 0 saturated heterocycles. The van der Waals surface area contributed by atoms with E-state index in [0.29, 0.717) is 29.3 Å². The lowest BCUT2D eigenvalue weighted by molar-refractivity contribution is 0.0946. The quantitative estimate of drug-likeness (QED) is 0.641. The van der Waals surface area contributed by atoms with E-state index < -0.39 is 5.91 Å². The van der Waals surface area contributed by atoms with Crippen LogP contribution in [0.2, 0.25) is 0 Å². The third-order valence-corrected chi connectivity index (χ3v) is 4.11. The number of rotatable bonds is 7. The van der Waals surface area contributed by atoms with Crippen molar-refractivity contribution >= 4 is 17.5 Å². The predicted molar refractivity (Wildman–Crippen MR) is 107 cm³/mol. The minimum absolute atomic E-state index is 0.143. The lowest BCUT2D eigenvalue weighted by atomic mass is 10.2. The van der Waals surface area contributed by atoms with Gasteiger partial charge in [0.25, 0.3) is 11.8 Å². The molecule has 0 radical (unpaired) electrons. The number of nitrogens with zero attached hydrogens (tertiary/aromatic N) is 2. The Hall–Kier alpha value is -3.94. The van der Waals surface area contributed by atoms with Crippen LogP contribution in [-0.4, -0.2) is 36.0 Å². The maximum absolute atomic E-state index is 12.7. The second-order valence-corrected chi connectivity index (χ2v) is 5.99. The van der Waals surface area contributed by atoms with Gasteiger partial charge in [0, 0.05) is 36.8 Å². The van der Waals surface area contributed by atoms with E-state index in [9.17, 15) is 9.59 Å². The van der Waals surface area contributed by atoms with Gasteiger partial charge in [-0.1, -0.05) is 0 Å². The number of amides is 2. The van der Waals surface area contributed by atoms with E-state index in [1.807, 2.05) is 0 Å². The first-order valence-corrected chi connectivity index (χ1v) is 8.77. The molecule has 0 spiro atoms. The first-order chi connectivity index (χ1) is 14.1. The summed E-state index contributed by atoms with van der Waals surface area (Å²) in [6, 6.07) is 11.6. The number of ether oxygens (including phenoxy) is 2. The van der Waals surface area contributed by atoms with Crippen molar-refractivity contribution in [2.45, 2.75) is 6.54 Å². The van der Waals surface area contributed by atoms with E-state index in [1.54, 1.807) is 42.7 Å². The third-order valence-electron chi connectivity index (χ3n) is 4.11.